The number of hydrogen-bond donors (Lipinski definition) is 0. The van der Waals surface area contributed by atoms with Gasteiger partial charge in [-0.2, -0.15) is 0 Å². The second kappa shape index (κ2) is 7.81. The highest BCUT2D eigenvalue weighted by molar-refractivity contribution is 14.2. The van der Waals surface area contributed by atoms with Crippen LogP contribution in [0, 0.1) is 8.99 Å². The first-order chi connectivity index (χ1) is 12.7. The van der Waals surface area contributed by atoms with Crippen LogP contribution in [0.3, 0.4) is 0 Å². The first-order valence-electron chi connectivity index (χ1n) is 9.29. The number of hydrogen-bond acceptors (Lipinski definition) is 4. The number of halogens is 1. The summed E-state index contributed by atoms with van der Waals surface area (Å²) >= 11 is -0.717. The van der Waals surface area contributed by atoms with Crippen LogP contribution in [0.25, 0.3) is 0 Å². The molecular formula is C21H26INO4. The van der Waals surface area contributed by atoms with E-state index in [2.05, 4.69) is 0 Å². The predicted molar refractivity (Wildman–Crippen MR) is 113 cm³/mol. The number of amides is 1. The Hall–Kier alpha value is -1.57. The normalized spacial score (nSPS) is 20.1. The van der Waals surface area contributed by atoms with E-state index in [0.717, 1.165) is 3.57 Å². The minimum absolute atomic E-state index is 0.0219. The average molecular weight is 483 g/mol. The lowest BCUT2D eigenvalue weighted by atomic mass is 9.67. The molecule has 1 saturated heterocycles. The molecule has 146 valence electrons. The van der Waals surface area contributed by atoms with E-state index >= 15 is 0 Å². The topological polar surface area (TPSA) is 63.7 Å². The van der Waals surface area contributed by atoms with Crippen LogP contribution in [0.1, 0.15) is 46.5 Å². The van der Waals surface area contributed by atoms with E-state index in [9.17, 15) is 14.4 Å². The van der Waals surface area contributed by atoms with Gasteiger partial charge in [-0.15, -0.1) is 0 Å². The van der Waals surface area contributed by atoms with Crippen molar-refractivity contribution in [1.29, 1.82) is 0 Å². The minimum atomic E-state index is -0.717. The first-order valence-corrected chi connectivity index (χ1v) is 11.4. The van der Waals surface area contributed by atoms with E-state index in [4.69, 9.17) is 4.74 Å². The zero-order valence-electron chi connectivity index (χ0n) is 16.1. The largest absolute Gasteiger partial charge is 0.444 e. The second-order valence-corrected chi connectivity index (χ2v) is 11.2. The van der Waals surface area contributed by atoms with Gasteiger partial charge in [0.05, 0.1) is 3.51 Å². The zero-order valence-corrected chi connectivity index (χ0v) is 18.2. The third-order valence-corrected chi connectivity index (χ3v) is 8.06. The molecule has 5 nitrogen and oxygen atoms in total. The Balaban J connectivity index is 1.66. The van der Waals surface area contributed by atoms with Gasteiger partial charge in [0.25, 0.3) is 0 Å². The molecule has 0 aromatic heterocycles. The molecule has 1 aromatic rings. The molecule has 0 unspecified atom stereocenters. The first kappa shape index (κ1) is 20.2. The minimum Gasteiger partial charge on any atom is -0.444 e. The van der Waals surface area contributed by atoms with Gasteiger partial charge in [0.1, 0.15) is 5.60 Å². The molecule has 0 N–H and O–H groups in total. The lowest BCUT2D eigenvalue weighted by Gasteiger charge is -2.43. The number of ketones is 2. The van der Waals surface area contributed by atoms with E-state index in [-0.39, 0.29) is 23.1 Å². The molecule has 1 heterocycles. The van der Waals surface area contributed by atoms with Crippen LogP contribution >= 0.6 is 20.7 Å². The Morgan fingerprint density at radius 2 is 1.59 bits per heavy atom. The van der Waals surface area contributed by atoms with Crippen LogP contribution in [0.15, 0.2) is 30.3 Å². The molecule has 1 saturated carbocycles. The third-order valence-electron chi connectivity index (χ3n) is 4.97. The second-order valence-electron chi connectivity index (χ2n) is 8.37. The van der Waals surface area contributed by atoms with Crippen LogP contribution < -0.4 is 0 Å². The molecule has 1 aliphatic heterocycles. The van der Waals surface area contributed by atoms with E-state index < -0.39 is 26.3 Å². The molecule has 1 aromatic carbocycles. The molecule has 1 aliphatic carbocycles. The fourth-order valence-electron chi connectivity index (χ4n) is 3.59. The fourth-order valence-corrected chi connectivity index (χ4v) is 5.97. The van der Waals surface area contributed by atoms with E-state index in [1.165, 1.54) is 0 Å². The summed E-state index contributed by atoms with van der Waals surface area (Å²) in [6.07, 6.45) is 1.92. The Labute approximate surface area is 170 Å². The highest BCUT2D eigenvalue weighted by Gasteiger charge is 2.45. The van der Waals surface area contributed by atoms with Crippen molar-refractivity contribution in [2.24, 2.45) is 5.41 Å². The quantitative estimate of drug-likeness (QED) is 0.568. The van der Waals surface area contributed by atoms with Crippen molar-refractivity contribution in [3.63, 3.8) is 0 Å². The summed E-state index contributed by atoms with van der Waals surface area (Å²) in [4.78, 5) is 39.4. The molecule has 3 rings (SSSR count). The molecule has 0 bridgehead atoms. The van der Waals surface area contributed by atoms with Gasteiger partial charge in [-0.3, -0.25) is 9.59 Å². The zero-order chi connectivity index (χ0) is 19.7. The highest BCUT2D eigenvalue weighted by Crippen LogP contribution is 2.42. The number of ether oxygens (including phenoxy) is 1. The van der Waals surface area contributed by atoms with Gasteiger partial charge < -0.3 is 9.64 Å². The van der Waals surface area contributed by atoms with Gasteiger partial charge >= 0.3 is 6.09 Å². The molecule has 6 heteroatoms. The molecule has 1 spiro atoms. The molecule has 0 radical (unpaired) electrons. The molecule has 2 aliphatic rings. The summed E-state index contributed by atoms with van der Waals surface area (Å²) in [6, 6.07) is 9.81. The summed E-state index contributed by atoms with van der Waals surface area (Å²) in [6.45, 7) is 6.63. The van der Waals surface area contributed by atoms with E-state index in [1.807, 2.05) is 51.1 Å². The smallest absolute Gasteiger partial charge is 0.410 e. The summed E-state index contributed by atoms with van der Waals surface area (Å²) < 4.78 is 7.07. The predicted octanol–water partition coefficient (Wildman–Crippen LogP) is 3.95. The van der Waals surface area contributed by atoms with Crippen molar-refractivity contribution >= 4 is 41.9 Å². The summed E-state index contributed by atoms with van der Waals surface area (Å²) in [7, 11) is 0. The van der Waals surface area contributed by atoms with Crippen molar-refractivity contribution in [3.8, 4) is 0 Å². The average Bonchev–Trinajstić information content (AvgIpc) is 2.58. The summed E-state index contributed by atoms with van der Waals surface area (Å²) in [5.74, 6) is 0.0437. The maximum atomic E-state index is 12.7. The van der Waals surface area contributed by atoms with Crippen LogP contribution in [0.5, 0.6) is 0 Å². The molecular weight excluding hydrogens is 457 g/mol. The third kappa shape index (κ3) is 5.03. The molecule has 27 heavy (non-hydrogen) atoms. The van der Waals surface area contributed by atoms with Gasteiger partial charge in [0.2, 0.25) is 0 Å². The van der Waals surface area contributed by atoms with Crippen LogP contribution in [0.4, 0.5) is 4.79 Å². The number of Topliss-reactive ketones (excluding diaryl/α,β-unsaturated/α-hetero) is 2. The van der Waals surface area contributed by atoms with Crippen LogP contribution in [-0.2, 0) is 14.3 Å². The number of carbonyl (C=O) groups excluding carboxylic acids is 3. The lowest BCUT2D eigenvalue weighted by Crippen LogP contribution is -2.49. The maximum absolute atomic E-state index is 12.7. The maximum Gasteiger partial charge on any atom is 0.410 e. The van der Waals surface area contributed by atoms with Crippen molar-refractivity contribution in [2.45, 2.75) is 52.1 Å². The van der Waals surface area contributed by atoms with Crippen molar-refractivity contribution in [1.82, 2.24) is 4.90 Å². The Kier molecular flexibility index (Phi) is 5.84. The summed E-state index contributed by atoms with van der Waals surface area (Å²) in [5, 5.41) is 0. The monoisotopic (exact) mass is 483 g/mol. The van der Waals surface area contributed by atoms with E-state index in [1.54, 1.807) is 4.90 Å². The highest BCUT2D eigenvalue weighted by atomic mass is 127. The van der Waals surface area contributed by atoms with Crippen LogP contribution in [-0.4, -0.2) is 44.8 Å². The van der Waals surface area contributed by atoms with Crippen molar-refractivity contribution in [3.05, 3.63) is 33.9 Å². The van der Waals surface area contributed by atoms with Crippen molar-refractivity contribution < 1.29 is 19.1 Å². The number of piperidine rings is 1. The SMILES string of the molecule is CC(C)(C)OC(=O)N1CCC2(CC1)CC(=O)C(=Ic1ccccc1)C(=O)C2. The number of nitrogens with zero attached hydrogens (tertiary/aromatic N) is 1. The molecule has 1 amide bonds. The van der Waals surface area contributed by atoms with Gasteiger partial charge in [0, 0.05) is 29.5 Å². The van der Waals surface area contributed by atoms with Gasteiger partial charge in [-0.1, -0.05) is 38.9 Å². The fraction of sp³-hybridized carbons (Fsp3) is 0.524. The number of benzene rings is 1. The Morgan fingerprint density at radius 3 is 2.11 bits per heavy atom. The standard InChI is InChI=1S/C21H26INO4/c1-20(2,3)27-19(26)23-11-9-21(10-12-23)13-16(24)18(17(25)14-21)22-15-7-5-4-6-8-15/h4-8H,9-14H2,1-3H3. The van der Waals surface area contributed by atoms with Gasteiger partial charge in [-0.25, -0.2) is 4.79 Å². The van der Waals surface area contributed by atoms with Gasteiger partial charge in [-0.05, 0) is 51.2 Å². The molecule has 0 atom stereocenters. The lowest BCUT2D eigenvalue weighted by molar-refractivity contribution is -0.124. The summed E-state index contributed by atoms with van der Waals surface area (Å²) in [5.41, 5.74) is -0.801. The Morgan fingerprint density at radius 1 is 1.04 bits per heavy atom. The van der Waals surface area contributed by atoms with Crippen LogP contribution in [0.2, 0.25) is 0 Å². The van der Waals surface area contributed by atoms with Gasteiger partial charge in [0.15, 0.2) is 11.6 Å². The molecule has 2 fully saturated rings. The number of rotatable bonds is 1. The number of likely N-dealkylation sites (tertiary alicyclic amines) is 1. The Bertz CT molecular complexity index is 749. The number of carbonyl (C=O) groups is 3. The van der Waals surface area contributed by atoms with Crippen molar-refractivity contribution in [2.75, 3.05) is 13.1 Å². The van der Waals surface area contributed by atoms with E-state index in [0.29, 0.717) is 42.3 Å².